The molecule has 2 rings (SSSR count). The fraction of sp³-hybridized carbons (Fsp3) is 0.0667. The summed E-state index contributed by atoms with van der Waals surface area (Å²) in [5.41, 5.74) is 3.96. The van der Waals surface area contributed by atoms with E-state index in [1.165, 1.54) is 0 Å². The molecule has 0 saturated carbocycles. The molecule has 0 unspecified atom stereocenters. The van der Waals surface area contributed by atoms with Crippen molar-refractivity contribution < 1.29 is 9.53 Å². The van der Waals surface area contributed by atoms with E-state index in [0.29, 0.717) is 5.56 Å². The lowest BCUT2D eigenvalue weighted by Crippen LogP contribution is -2.17. The van der Waals surface area contributed by atoms with Crippen LogP contribution >= 0.6 is 22.6 Å². The van der Waals surface area contributed by atoms with Gasteiger partial charge in [-0.1, -0.05) is 18.2 Å². The Hall–Kier alpha value is -1.89. The van der Waals surface area contributed by atoms with Crippen molar-refractivity contribution in [1.29, 1.82) is 0 Å². The van der Waals surface area contributed by atoms with Crippen molar-refractivity contribution in [2.24, 2.45) is 5.10 Å². The van der Waals surface area contributed by atoms with Gasteiger partial charge in [-0.3, -0.25) is 4.79 Å². The second kappa shape index (κ2) is 7.04. The number of hydrazone groups is 1. The van der Waals surface area contributed by atoms with Gasteiger partial charge in [-0.15, -0.1) is 0 Å². The highest BCUT2D eigenvalue weighted by Gasteiger charge is 2.02. The van der Waals surface area contributed by atoms with Gasteiger partial charge in [-0.2, -0.15) is 5.10 Å². The molecule has 0 atom stereocenters. The van der Waals surface area contributed by atoms with Gasteiger partial charge in [0, 0.05) is 5.56 Å². The SMILES string of the molecule is COc1ccc(C=NNC(=O)c2ccccc2)cc1I. The predicted octanol–water partition coefficient (Wildman–Crippen LogP) is 3.06. The van der Waals surface area contributed by atoms with Crippen molar-refractivity contribution >= 4 is 34.7 Å². The lowest BCUT2D eigenvalue weighted by atomic mass is 10.2. The van der Waals surface area contributed by atoms with Crippen molar-refractivity contribution in [3.8, 4) is 5.75 Å². The Labute approximate surface area is 131 Å². The number of halogens is 1. The molecule has 0 aliphatic rings. The molecule has 20 heavy (non-hydrogen) atoms. The van der Waals surface area contributed by atoms with Crippen molar-refractivity contribution in [2.75, 3.05) is 7.11 Å². The molecule has 0 saturated heterocycles. The number of carbonyl (C=O) groups is 1. The lowest BCUT2D eigenvalue weighted by Gasteiger charge is -2.03. The van der Waals surface area contributed by atoms with Gasteiger partial charge in [-0.25, -0.2) is 5.43 Å². The molecule has 0 aliphatic carbocycles. The van der Waals surface area contributed by atoms with Gasteiger partial charge in [-0.05, 0) is 58.5 Å². The summed E-state index contributed by atoms with van der Waals surface area (Å²) in [7, 11) is 1.63. The fourth-order valence-electron chi connectivity index (χ4n) is 1.58. The maximum absolute atomic E-state index is 11.8. The molecule has 0 aromatic heterocycles. The van der Waals surface area contributed by atoms with E-state index in [1.54, 1.807) is 25.5 Å². The summed E-state index contributed by atoms with van der Waals surface area (Å²) in [5.74, 6) is 0.584. The average Bonchev–Trinajstić information content (AvgIpc) is 2.48. The second-order valence-electron chi connectivity index (χ2n) is 3.96. The van der Waals surface area contributed by atoms with Gasteiger partial charge < -0.3 is 4.74 Å². The molecule has 1 N–H and O–H groups in total. The van der Waals surface area contributed by atoms with Crippen molar-refractivity contribution in [2.45, 2.75) is 0 Å². The minimum atomic E-state index is -0.231. The summed E-state index contributed by atoms with van der Waals surface area (Å²) in [4.78, 5) is 11.8. The molecule has 0 aliphatic heterocycles. The highest BCUT2D eigenvalue weighted by molar-refractivity contribution is 14.1. The molecule has 0 radical (unpaired) electrons. The number of carbonyl (C=O) groups excluding carboxylic acids is 1. The number of methoxy groups -OCH3 is 1. The van der Waals surface area contributed by atoms with Gasteiger partial charge >= 0.3 is 0 Å². The Kier molecular flexibility index (Phi) is 5.11. The average molecular weight is 380 g/mol. The predicted molar refractivity (Wildman–Crippen MR) is 87.2 cm³/mol. The molecule has 0 heterocycles. The van der Waals surface area contributed by atoms with E-state index in [-0.39, 0.29) is 5.91 Å². The van der Waals surface area contributed by atoms with Crippen molar-refractivity contribution in [3.05, 3.63) is 63.2 Å². The van der Waals surface area contributed by atoms with Crippen LogP contribution in [0.3, 0.4) is 0 Å². The summed E-state index contributed by atoms with van der Waals surface area (Å²) in [6.07, 6.45) is 1.60. The Balaban J connectivity index is 2.00. The molecule has 0 fully saturated rings. The van der Waals surface area contributed by atoms with Gasteiger partial charge in [0.25, 0.3) is 5.91 Å². The summed E-state index contributed by atoms with van der Waals surface area (Å²) < 4.78 is 6.17. The number of rotatable bonds is 4. The highest BCUT2D eigenvalue weighted by atomic mass is 127. The summed E-state index contributed by atoms with van der Waals surface area (Å²) in [6.45, 7) is 0. The van der Waals surface area contributed by atoms with Crippen LogP contribution in [-0.2, 0) is 0 Å². The van der Waals surface area contributed by atoms with E-state index < -0.39 is 0 Å². The van der Waals surface area contributed by atoms with E-state index in [0.717, 1.165) is 14.9 Å². The zero-order valence-corrected chi connectivity index (χ0v) is 13.0. The zero-order chi connectivity index (χ0) is 14.4. The molecular weight excluding hydrogens is 367 g/mol. The fourth-order valence-corrected chi connectivity index (χ4v) is 2.34. The third-order valence-corrected chi connectivity index (χ3v) is 3.43. The third kappa shape index (κ3) is 3.80. The quantitative estimate of drug-likeness (QED) is 0.504. The molecule has 0 bridgehead atoms. The lowest BCUT2D eigenvalue weighted by molar-refractivity contribution is 0.0955. The molecule has 4 nitrogen and oxygen atoms in total. The third-order valence-electron chi connectivity index (χ3n) is 2.59. The Bertz CT molecular complexity index is 627. The Morgan fingerprint density at radius 1 is 1.25 bits per heavy atom. The van der Waals surface area contributed by atoms with E-state index in [2.05, 4.69) is 33.1 Å². The number of ether oxygens (including phenoxy) is 1. The van der Waals surface area contributed by atoms with Crippen LogP contribution in [0.15, 0.2) is 53.6 Å². The summed E-state index contributed by atoms with van der Waals surface area (Å²) in [6, 6.07) is 14.6. The Morgan fingerprint density at radius 3 is 2.65 bits per heavy atom. The first kappa shape index (κ1) is 14.5. The van der Waals surface area contributed by atoms with E-state index in [1.807, 2.05) is 36.4 Å². The largest absolute Gasteiger partial charge is 0.496 e. The Morgan fingerprint density at radius 2 is 2.00 bits per heavy atom. The van der Waals surface area contributed by atoms with Crippen LogP contribution in [0.1, 0.15) is 15.9 Å². The minimum Gasteiger partial charge on any atom is -0.496 e. The first-order chi connectivity index (χ1) is 9.70. The number of amides is 1. The van der Waals surface area contributed by atoms with Crippen LogP contribution in [0, 0.1) is 3.57 Å². The van der Waals surface area contributed by atoms with Gasteiger partial charge in [0.1, 0.15) is 5.75 Å². The van der Waals surface area contributed by atoms with Crippen LogP contribution in [0.5, 0.6) is 5.75 Å². The van der Waals surface area contributed by atoms with Gasteiger partial charge in [0.2, 0.25) is 0 Å². The maximum atomic E-state index is 11.8. The summed E-state index contributed by atoms with van der Waals surface area (Å²) in [5, 5.41) is 3.95. The van der Waals surface area contributed by atoms with E-state index >= 15 is 0 Å². The van der Waals surface area contributed by atoms with Crippen LogP contribution in [0.2, 0.25) is 0 Å². The smallest absolute Gasteiger partial charge is 0.271 e. The molecular formula is C15H13IN2O2. The van der Waals surface area contributed by atoms with Gasteiger partial charge in [0.15, 0.2) is 0 Å². The molecule has 5 heteroatoms. The molecule has 1 amide bonds. The molecule has 2 aromatic rings. The summed E-state index contributed by atoms with van der Waals surface area (Å²) >= 11 is 2.19. The molecule has 102 valence electrons. The monoisotopic (exact) mass is 380 g/mol. The maximum Gasteiger partial charge on any atom is 0.271 e. The number of nitrogens with zero attached hydrogens (tertiary/aromatic N) is 1. The molecule has 0 spiro atoms. The number of hydrogen-bond acceptors (Lipinski definition) is 3. The standard InChI is InChI=1S/C15H13IN2O2/c1-20-14-8-7-11(9-13(14)16)10-17-18-15(19)12-5-3-2-4-6-12/h2-10H,1H3,(H,18,19). The first-order valence-corrected chi connectivity index (χ1v) is 7.00. The van der Waals surface area contributed by atoms with Crippen LogP contribution in [-0.4, -0.2) is 19.2 Å². The zero-order valence-electron chi connectivity index (χ0n) is 10.8. The number of benzene rings is 2. The van der Waals surface area contributed by atoms with E-state index in [4.69, 9.17) is 4.74 Å². The number of hydrogen-bond donors (Lipinski definition) is 1. The van der Waals surface area contributed by atoms with Crippen LogP contribution < -0.4 is 10.2 Å². The van der Waals surface area contributed by atoms with Crippen molar-refractivity contribution in [3.63, 3.8) is 0 Å². The molecule has 2 aromatic carbocycles. The van der Waals surface area contributed by atoms with E-state index in [9.17, 15) is 4.79 Å². The normalized spacial score (nSPS) is 10.5. The second-order valence-corrected chi connectivity index (χ2v) is 5.12. The van der Waals surface area contributed by atoms with Crippen LogP contribution in [0.25, 0.3) is 0 Å². The number of nitrogens with one attached hydrogen (secondary N) is 1. The van der Waals surface area contributed by atoms with Gasteiger partial charge in [0.05, 0.1) is 16.9 Å². The first-order valence-electron chi connectivity index (χ1n) is 5.92. The van der Waals surface area contributed by atoms with Crippen LogP contribution in [0.4, 0.5) is 0 Å². The minimum absolute atomic E-state index is 0.231. The topological polar surface area (TPSA) is 50.7 Å². The highest BCUT2D eigenvalue weighted by Crippen LogP contribution is 2.20. The van der Waals surface area contributed by atoms with Crippen molar-refractivity contribution in [1.82, 2.24) is 5.43 Å².